The molecular weight excluding hydrogens is 282 g/mol. The van der Waals surface area contributed by atoms with E-state index in [-0.39, 0.29) is 5.41 Å². The molecule has 0 saturated heterocycles. The number of hydrogen-bond donors (Lipinski definition) is 1. The third kappa shape index (κ3) is 2.54. The molecule has 0 saturated carbocycles. The first kappa shape index (κ1) is 14.5. The molecule has 0 spiro atoms. The van der Waals surface area contributed by atoms with Gasteiger partial charge in [-0.05, 0) is 13.8 Å². The van der Waals surface area contributed by atoms with Crippen LogP contribution < -0.4 is 5.32 Å². The van der Waals surface area contributed by atoms with Crippen molar-refractivity contribution in [2.75, 3.05) is 5.32 Å². The Hall–Kier alpha value is -2.44. The van der Waals surface area contributed by atoms with E-state index in [0.29, 0.717) is 29.8 Å². The maximum atomic E-state index is 5.60. The Balaban J connectivity index is 1.84. The number of aromatic nitrogens is 4. The summed E-state index contributed by atoms with van der Waals surface area (Å²) in [6, 6.07) is 0. The maximum absolute atomic E-state index is 5.60. The lowest BCUT2D eigenvalue weighted by Crippen LogP contribution is -2.12. The molecule has 0 aliphatic heterocycles. The van der Waals surface area contributed by atoms with E-state index in [1.54, 1.807) is 0 Å². The molecule has 0 aliphatic carbocycles. The highest BCUT2D eigenvalue weighted by Gasteiger charge is 2.22. The van der Waals surface area contributed by atoms with Crippen molar-refractivity contribution in [1.29, 1.82) is 0 Å². The molecule has 7 heteroatoms. The first-order chi connectivity index (χ1) is 10.4. The summed E-state index contributed by atoms with van der Waals surface area (Å²) in [7, 11) is 0. The van der Waals surface area contributed by atoms with Crippen molar-refractivity contribution in [2.45, 2.75) is 46.6 Å². The SMILES string of the molecule is Cc1oc2ncnc(NCc3noc(C(C)(C)C)n3)c2c1C. The van der Waals surface area contributed by atoms with Crippen molar-refractivity contribution in [3.63, 3.8) is 0 Å². The van der Waals surface area contributed by atoms with Crippen LogP contribution in [0.1, 0.15) is 43.8 Å². The Morgan fingerprint density at radius 2 is 1.95 bits per heavy atom. The van der Waals surface area contributed by atoms with Crippen LogP contribution in [0.3, 0.4) is 0 Å². The zero-order valence-electron chi connectivity index (χ0n) is 13.4. The van der Waals surface area contributed by atoms with Crippen molar-refractivity contribution in [3.05, 3.63) is 29.4 Å². The molecule has 0 aliphatic rings. The van der Waals surface area contributed by atoms with E-state index >= 15 is 0 Å². The van der Waals surface area contributed by atoms with Crippen LogP contribution in [0.25, 0.3) is 11.1 Å². The van der Waals surface area contributed by atoms with Crippen LogP contribution in [0.4, 0.5) is 5.82 Å². The van der Waals surface area contributed by atoms with Gasteiger partial charge in [-0.2, -0.15) is 4.98 Å². The summed E-state index contributed by atoms with van der Waals surface area (Å²) in [5.41, 5.74) is 1.45. The van der Waals surface area contributed by atoms with Crippen molar-refractivity contribution >= 4 is 16.9 Å². The number of furan rings is 1. The third-order valence-electron chi connectivity index (χ3n) is 3.49. The molecule has 3 aromatic heterocycles. The second-order valence-electron chi connectivity index (χ2n) is 6.30. The van der Waals surface area contributed by atoms with Crippen LogP contribution in [0.2, 0.25) is 0 Å². The van der Waals surface area contributed by atoms with Crippen LogP contribution in [-0.4, -0.2) is 20.1 Å². The fourth-order valence-electron chi connectivity index (χ4n) is 2.11. The van der Waals surface area contributed by atoms with E-state index in [2.05, 4.69) is 25.4 Å². The van der Waals surface area contributed by atoms with E-state index in [4.69, 9.17) is 8.94 Å². The number of aryl methyl sites for hydroxylation is 2. The summed E-state index contributed by atoms with van der Waals surface area (Å²) in [5, 5.41) is 8.11. The molecule has 3 aromatic rings. The number of rotatable bonds is 3. The lowest BCUT2D eigenvalue weighted by molar-refractivity contribution is 0.318. The topological polar surface area (TPSA) is 89.9 Å². The van der Waals surface area contributed by atoms with Gasteiger partial charge < -0.3 is 14.3 Å². The maximum Gasteiger partial charge on any atom is 0.232 e. The zero-order chi connectivity index (χ0) is 15.9. The summed E-state index contributed by atoms with van der Waals surface area (Å²) < 4.78 is 10.9. The van der Waals surface area contributed by atoms with E-state index in [9.17, 15) is 0 Å². The quantitative estimate of drug-likeness (QED) is 0.794. The van der Waals surface area contributed by atoms with Crippen molar-refractivity contribution in [3.8, 4) is 0 Å². The number of anilines is 1. The molecule has 0 aromatic carbocycles. The summed E-state index contributed by atoms with van der Waals surface area (Å²) in [6.45, 7) is 10.4. The molecule has 1 N–H and O–H groups in total. The standard InChI is InChI=1S/C15H19N5O2/c1-8-9(2)21-13-11(8)12(17-7-18-13)16-6-10-19-14(22-20-10)15(3,4)5/h7H,6H2,1-5H3,(H,16,17,18). The highest BCUT2D eigenvalue weighted by molar-refractivity contribution is 5.89. The summed E-state index contributed by atoms with van der Waals surface area (Å²) in [4.78, 5) is 12.8. The highest BCUT2D eigenvalue weighted by Crippen LogP contribution is 2.28. The molecule has 0 amide bonds. The number of fused-ring (bicyclic) bond motifs is 1. The van der Waals surface area contributed by atoms with Gasteiger partial charge in [-0.15, -0.1) is 0 Å². The zero-order valence-corrected chi connectivity index (χ0v) is 13.4. The van der Waals surface area contributed by atoms with Gasteiger partial charge in [-0.25, -0.2) is 9.97 Å². The molecule has 7 nitrogen and oxygen atoms in total. The molecular formula is C15H19N5O2. The largest absolute Gasteiger partial charge is 0.443 e. The summed E-state index contributed by atoms with van der Waals surface area (Å²) in [6.07, 6.45) is 1.48. The van der Waals surface area contributed by atoms with Crippen molar-refractivity contribution in [1.82, 2.24) is 20.1 Å². The van der Waals surface area contributed by atoms with Crippen LogP contribution in [0, 0.1) is 13.8 Å². The van der Waals surface area contributed by atoms with Gasteiger partial charge in [-0.3, -0.25) is 0 Å². The second kappa shape index (κ2) is 5.08. The number of hydrogen-bond acceptors (Lipinski definition) is 7. The minimum absolute atomic E-state index is 0.161. The van der Waals surface area contributed by atoms with Gasteiger partial charge in [0.15, 0.2) is 5.82 Å². The molecule has 22 heavy (non-hydrogen) atoms. The molecule has 0 radical (unpaired) electrons. The highest BCUT2D eigenvalue weighted by atomic mass is 16.5. The monoisotopic (exact) mass is 301 g/mol. The second-order valence-corrected chi connectivity index (χ2v) is 6.30. The number of nitrogens with zero attached hydrogens (tertiary/aromatic N) is 4. The van der Waals surface area contributed by atoms with Crippen LogP contribution in [0.15, 0.2) is 15.3 Å². The fourth-order valence-corrected chi connectivity index (χ4v) is 2.11. The van der Waals surface area contributed by atoms with Gasteiger partial charge in [0.05, 0.1) is 11.9 Å². The third-order valence-corrected chi connectivity index (χ3v) is 3.49. The van der Waals surface area contributed by atoms with Gasteiger partial charge in [-0.1, -0.05) is 25.9 Å². The molecule has 0 bridgehead atoms. The average Bonchev–Trinajstić information content (AvgIpc) is 3.03. The molecule has 0 atom stereocenters. The van der Waals surface area contributed by atoms with E-state index in [0.717, 1.165) is 16.7 Å². The van der Waals surface area contributed by atoms with Crippen molar-refractivity contribution < 1.29 is 8.94 Å². The van der Waals surface area contributed by atoms with E-state index < -0.39 is 0 Å². The van der Waals surface area contributed by atoms with Crippen LogP contribution in [0.5, 0.6) is 0 Å². The predicted molar refractivity (Wildman–Crippen MR) is 81.6 cm³/mol. The molecule has 3 heterocycles. The lowest BCUT2D eigenvalue weighted by Gasteiger charge is -2.10. The van der Waals surface area contributed by atoms with Gasteiger partial charge in [0, 0.05) is 11.0 Å². The Morgan fingerprint density at radius 1 is 1.18 bits per heavy atom. The Morgan fingerprint density at radius 3 is 2.64 bits per heavy atom. The summed E-state index contributed by atoms with van der Waals surface area (Å²) in [5.74, 6) is 2.76. The Bertz CT molecular complexity index is 813. The Labute approximate surface area is 128 Å². The van der Waals surface area contributed by atoms with Gasteiger partial charge >= 0.3 is 0 Å². The normalized spacial score (nSPS) is 12.0. The minimum Gasteiger partial charge on any atom is -0.443 e. The van der Waals surface area contributed by atoms with Gasteiger partial charge in [0.25, 0.3) is 0 Å². The molecule has 116 valence electrons. The first-order valence-electron chi connectivity index (χ1n) is 7.14. The van der Waals surface area contributed by atoms with Gasteiger partial charge in [0.2, 0.25) is 11.6 Å². The molecule has 3 rings (SSSR count). The molecule has 0 unspecified atom stereocenters. The first-order valence-corrected chi connectivity index (χ1v) is 7.14. The minimum atomic E-state index is -0.161. The predicted octanol–water partition coefficient (Wildman–Crippen LogP) is 3.13. The Kier molecular flexibility index (Phi) is 3.35. The summed E-state index contributed by atoms with van der Waals surface area (Å²) >= 11 is 0. The number of nitrogens with one attached hydrogen (secondary N) is 1. The van der Waals surface area contributed by atoms with Crippen molar-refractivity contribution in [2.24, 2.45) is 0 Å². The fraction of sp³-hybridized carbons (Fsp3) is 0.467. The lowest BCUT2D eigenvalue weighted by atomic mass is 9.97. The smallest absolute Gasteiger partial charge is 0.232 e. The average molecular weight is 301 g/mol. The molecule has 0 fully saturated rings. The van der Waals surface area contributed by atoms with Crippen LogP contribution >= 0.6 is 0 Å². The van der Waals surface area contributed by atoms with Crippen LogP contribution in [-0.2, 0) is 12.0 Å². The van der Waals surface area contributed by atoms with E-state index in [1.807, 2.05) is 34.6 Å². The van der Waals surface area contributed by atoms with E-state index in [1.165, 1.54) is 6.33 Å². The van der Waals surface area contributed by atoms with Gasteiger partial charge in [0.1, 0.15) is 17.9 Å².